The second kappa shape index (κ2) is 5.70. The summed E-state index contributed by atoms with van der Waals surface area (Å²) in [6, 6.07) is 5.38. The highest BCUT2D eigenvalue weighted by molar-refractivity contribution is 6.07. The number of carbonyl (C=O) groups excluding carboxylic acids is 1. The maximum atomic E-state index is 13.1. The molecule has 0 aliphatic carbocycles. The molecule has 0 saturated heterocycles. The molecule has 2 aliphatic heterocycles. The maximum absolute atomic E-state index is 13.1. The Hall–Kier alpha value is -3.13. The summed E-state index contributed by atoms with van der Waals surface area (Å²) >= 11 is 0. The van der Waals surface area contributed by atoms with Crippen LogP contribution in [0.1, 0.15) is 21.8 Å². The number of aromatic hydroxyl groups is 2. The summed E-state index contributed by atoms with van der Waals surface area (Å²) in [5.41, 5.74) is 0.389. The first kappa shape index (κ1) is 16.3. The van der Waals surface area contributed by atoms with Gasteiger partial charge in [0.15, 0.2) is 23.4 Å². The van der Waals surface area contributed by atoms with Gasteiger partial charge in [0, 0.05) is 23.8 Å². The Morgan fingerprint density at radius 2 is 1.65 bits per heavy atom. The SMILES string of the molecule is COc1cc2c(cc1OC)[C@H]1C(=O)c3c(O)cc(O)cc3O[C@@H]1[C@H](O)O2. The van der Waals surface area contributed by atoms with E-state index in [0.29, 0.717) is 17.1 Å². The predicted octanol–water partition coefficient (Wildman–Crippen LogP) is 1.55. The molecule has 0 unspecified atom stereocenters. The van der Waals surface area contributed by atoms with Gasteiger partial charge in [-0.1, -0.05) is 0 Å². The number of methoxy groups -OCH3 is 2. The van der Waals surface area contributed by atoms with Crippen LogP contribution in [0.5, 0.6) is 34.5 Å². The van der Waals surface area contributed by atoms with E-state index in [9.17, 15) is 20.1 Å². The highest BCUT2D eigenvalue weighted by atomic mass is 16.6. The van der Waals surface area contributed by atoms with Crippen LogP contribution in [0, 0.1) is 0 Å². The van der Waals surface area contributed by atoms with Crippen molar-refractivity contribution in [3.05, 3.63) is 35.4 Å². The van der Waals surface area contributed by atoms with Crippen molar-refractivity contribution in [2.75, 3.05) is 14.2 Å². The van der Waals surface area contributed by atoms with Gasteiger partial charge in [0.1, 0.15) is 28.6 Å². The highest BCUT2D eigenvalue weighted by Gasteiger charge is 2.49. The minimum atomic E-state index is -1.42. The Morgan fingerprint density at radius 3 is 2.35 bits per heavy atom. The lowest BCUT2D eigenvalue weighted by Crippen LogP contribution is -2.49. The van der Waals surface area contributed by atoms with Crippen LogP contribution in [0.15, 0.2) is 24.3 Å². The number of fused-ring (bicyclic) bond motifs is 4. The molecule has 26 heavy (non-hydrogen) atoms. The third kappa shape index (κ3) is 2.22. The zero-order valence-electron chi connectivity index (χ0n) is 13.9. The predicted molar refractivity (Wildman–Crippen MR) is 87.4 cm³/mol. The largest absolute Gasteiger partial charge is 0.508 e. The number of phenols is 2. The number of ketones is 1. The van der Waals surface area contributed by atoms with Gasteiger partial charge in [-0.3, -0.25) is 4.79 Å². The molecule has 2 aromatic rings. The number of benzene rings is 2. The van der Waals surface area contributed by atoms with Crippen molar-refractivity contribution in [3.63, 3.8) is 0 Å². The number of carbonyl (C=O) groups is 1. The quantitative estimate of drug-likeness (QED) is 0.739. The molecule has 0 amide bonds. The minimum Gasteiger partial charge on any atom is -0.508 e. The first-order chi connectivity index (χ1) is 12.4. The Kier molecular flexibility index (Phi) is 3.58. The smallest absolute Gasteiger partial charge is 0.235 e. The van der Waals surface area contributed by atoms with Crippen LogP contribution in [0.4, 0.5) is 0 Å². The van der Waals surface area contributed by atoms with Gasteiger partial charge in [-0.2, -0.15) is 0 Å². The van der Waals surface area contributed by atoms with Crippen LogP contribution in [0.25, 0.3) is 0 Å². The van der Waals surface area contributed by atoms with Crippen molar-refractivity contribution in [2.24, 2.45) is 0 Å². The molecule has 0 aromatic heterocycles. The lowest BCUT2D eigenvalue weighted by atomic mass is 9.81. The van der Waals surface area contributed by atoms with E-state index in [1.807, 2.05) is 0 Å². The Bertz CT molecular complexity index is 907. The number of aliphatic hydroxyl groups is 1. The first-order valence-corrected chi connectivity index (χ1v) is 7.82. The minimum absolute atomic E-state index is 0.0136. The van der Waals surface area contributed by atoms with Crippen molar-refractivity contribution >= 4 is 5.78 Å². The molecule has 3 atom stereocenters. The van der Waals surface area contributed by atoms with Crippen molar-refractivity contribution in [2.45, 2.75) is 18.3 Å². The number of hydrogen-bond acceptors (Lipinski definition) is 8. The normalized spacial score (nSPS) is 23.0. The summed E-state index contributed by atoms with van der Waals surface area (Å²) in [7, 11) is 2.92. The van der Waals surface area contributed by atoms with E-state index < -0.39 is 29.8 Å². The van der Waals surface area contributed by atoms with E-state index in [0.717, 1.165) is 6.07 Å². The van der Waals surface area contributed by atoms with E-state index in [1.165, 1.54) is 26.4 Å². The van der Waals surface area contributed by atoms with E-state index in [-0.39, 0.29) is 22.8 Å². The van der Waals surface area contributed by atoms with Crippen LogP contribution >= 0.6 is 0 Å². The van der Waals surface area contributed by atoms with Gasteiger partial charge in [-0.15, -0.1) is 0 Å². The second-order valence-electron chi connectivity index (χ2n) is 6.02. The lowest BCUT2D eigenvalue weighted by molar-refractivity contribution is -0.112. The van der Waals surface area contributed by atoms with E-state index >= 15 is 0 Å². The molecule has 136 valence electrons. The van der Waals surface area contributed by atoms with Crippen LogP contribution in [-0.4, -0.2) is 47.7 Å². The first-order valence-electron chi connectivity index (χ1n) is 7.82. The fourth-order valence-electron chi connectivity index (χ4n) is 3.41. The van der Waals surface area contributed by atoms with Gasteiger partial charge in [-0.05, 0) is 6.07 Å². The zero-order valence-corrected chi connectivity index (χ0v) is 13.9. The summed E-state index contributed by atoms with van der Waals surface area (Å²) < 4.78 is 21.7. The summed E-state index contributed by atoms with van der Waals surface area (Å²) in [6.45, 7) is 0. The fourth-order valence-corrected chi connectivity index (χ4v) is 3.41. The van der Waals surface area contributed by atoms with Crippen LogP contribution in [0.3, 0.4) is 0 Å². The molecule has 0 saturated carbocycles. The van der Waals surface area contributed by atoms with Gasteiger partial charge in [0.2, 0.25) is 6.29 Å². The maximum Gasteiger partial charge on any atom is 0.235 e. The third-order valence-electron chi connectivity index (χ3n) is 4.57. The van der Waals surface area contributed by atoms with E-state index in [2.05, 4.69) is 0 Å². The number of phenolic OH excluding ortho intramolecular Hbond substituents is 2. The molecule has 3 N–H and O–H groups in total. The van der Waals surface area contributed by atoms with Crippen molar-refractivity contribution < 1.29 is 39.1 Å². The van der Waals surface area contributed by atoms with E-state index in [4.69, 9.17) is 18.9 Å². The van der Waals surface area contributed by atoms with Gasteiger partial charge < -0.3 is 34.3 Å². The number of rotatable bonds is 2. The van der Waals surface area contributed by atoms with Crippen LogP contribution in [-0.2, 0) is 0 Å². The fraction of sp³-hybridized carbons (Fsp3) is 0.278. The summed E-state index contributed by atoms with van der Waals surface area (Å²) in [5, 5.41) is 30.0. The zero-order chi connectivity index (χ0) is 18.6. The van der Waals surface area contributed by atoms with Gasteiger partial charge in [0.05, 0.1) is 20.1 Å². The van der Waals surface area contributed by atoms with Crippen molar-refractivity contribution in [1.82, 2.24) is 0 Å². The molecule has 8 heteroatoms. The lowest BCUT2D eigenvalue weighted by Gasteiger charge is -2.39. The summed E-state index contributed by atoms with van der Waals surface area (Å²) in [6.07, 6.45) is -2.46. The molecule has 0 spiro atoms. The topological polar surface area (TPSA) is 115 Å². The van der Waals surface area contributed by atoms with Gasteiger partial charge in [-0.25, -0.2) is 0 Å². The summed E-state index contributed by atoms with van der Waals surface area (Å²) in [4.78, 5) is 13.1. The molecule has 8 nitrogen and oxygen atoms in total. The van der Waals surface area contributed by atoms with Crippen molar-refractivity contribution in [3.8, 4) is 34.5 Å². The summed E-state index contributed by atoms with van der Waals surface area (Å²) in [5.74, 6) is -1.01. The van der Waals surface area contributed by atoms with Crippen LogP contribution in [0.2, 0.25) is 0 Å². The molecular weight excluding hydrogens is 344 g/mol. The molecule has 0 fully saturated rings. The number of aliphatic hydroxyl groups excluding tert-OH is 1. The Balaban J connectivity index is 1.90. The third-order valence-corrected chi connectivity index (χ3v) is 4.57. The van der Waals surface area contributed by atoms with Gasteiger partial charge >= 0.3 is 0 Å². The number of ether oxygens (including phenoxy) is 4. The van der Waals surface area contributed by atoms with Crippen LogP contribution < -0.4 is 18.9 Å². The Labute approximate surface area is 148 Å². The standard InChI is InChI=1S/C18H16O8/c1-23-11-5-8-10(6-12(11)24-2)26-18(22)17-14(8)16(21)15-9(20)3-7(19)4-13(15)25-17/h3-6,14,17-20,22H,1-2H3/t14-,17-,18+/m0/s1. The van der Waals surface area contributed by atoms with Gasteiger partial charge in [0.25, 0.3) is 0 Å². The monoisotopic (exact) mass is 360 g/mol. The molecule has 0 bridgehead atoms. The molecule has 2 aliphatic rings. The second-order valence-corrected chi connectivity index (χ2v) is 6.02. The Morgan fingerprint density at radius 1 is 0.962 bits per heavy atom. The van der Waals surface area contributed by atoms with Crippen molar-refractivity contribution in [1.29, 1.82) is 0 Å². The molecule has 4 rings (SSSR count). The average Bonchev–Trinajstić information content (AvgIpc) is 2.60. The number of hydrogen-bond donors (Lipinski definition) is 3. The molecule has 0 radical (unpaired) electrons. The molecule has 2 aromatic carbocycles. The molecular formula is C18H16O8. The molecule has 2 heterocycles. The van der Waals surface area contributed by atoms with E-state index in [1.54, 1.807) is 6.07 Å². The average molecular weight is 360 g/mol. The highest BCUT2D eigenvalue weighted by Crippen LogP contribution is 2.49. The number of Topliss-reactive ketones (excluding diaryl/α,β-unsaturated/α-hetero) is 1.